The number of aryl methyl sites for hydroxylation is 1. The summed E-state index contributed by atoms with van der Waals surface area (Å²) in [5, 5.41) is 17.2. The number of anilines is 2. The summed E-state index contributed by atoms with van der Waals surface area (Å²) in [6.45, 7) is 6.32. The number of hydrogen-bond donors (Lipinski definition) is 3. The minimum atomic E-state index is -0.189. The highest BCUT2D eigenvalue weighted by atomic mass is 16.3. The lowest BCUT2D eigenvalue weighted by Crippen LogP contribution is -2.36. The fourth-order valence-corrected chi connectivity index (χ4v) is 4.20. The number of aliphatic hydroxyl groups is 1. The van der Waals surface area contributed by atoms with E-state index in [0.717, 1.165) is 48.6 Å². The van der Waals surface area contributed by atoms with Gasteiger partial charge in [-0.05, 0) is 52.4 Å². The molecule has 2 aromatic rings. The molecule has 0 spiro atoms. The van der Waals surface area contributed by atoms with Crippen molar-refractivity contribution in [1.82, 2.24) is 19.5 Å². The summed E-state index contributed by atoms with van der Waals surface area (Å²) in [7, 11) is 1.96. The van der Waals surface area contributed by atoms with Gasteiger partial charge in [-0.3, -0.25) is 4.57 Å². The molecule has 0 radical (unpaired) electrons. The summed E-state index contributed by atoms with van der Waals surface area (Å²) in [6.07, 6.45) is 5.37. The van der Waals surface area contributed by atoms with Gasteiger partial charge in [-0.25, -0.2) is 15.0 Å². The van der Waals surface area contributed by atoms with Gasteiger partial charge < -0.3 is 15.7 Å². The number of nitrogens with zero attached hydrogens (tertiary/aromatic N) is 4. The minimum Gasteiger partial charge on any atom is -0.393 e. The van der Waals surface area contributed by atoms with Gasteiger partial charge in [0, 0.05) is 18.1 Å². The molecule has 2 bridgehead atoms. The van der Waals surface area contributed by atoms with E-state index in [2.05, 4.69) is 41.4 Å². The van der Waals surface area contributed by atoms with Gasteiger partial charge in [-0.15, -0.1) is 0 Å². The van der Waals surface area contributed by atoms with Crippen LogP contribution in [0.25, 0.3) is 11.2 Å². The van der Waals surface area contributed by atoms with Crippen molar-refractivity contribution >= 4 is 22.9 Å². The number of hydrogen-bond acceptors (Lipinski definition) is 6. The van der Waals surface area contributed by atoms with E-state index in [1.807, 2.05) is 11.6 Å². The molecule has 0 aliphatic heterocycles. The van der Waals surface area contributed by atoms with Crippen molar-refractivity contribution in [2.24, 2.45) is 13.0 Å². The largest absolute Gasteiger partial charge is 0.393 e. The van der Waals surface area contributed by atoms with Crippen LogP contribution in [0.1, 0.15) is 46.5 Å². The number of aromatic nitrogens is 4. The first-order valence-corrected chi connectivity index (χ1v) is 8.68. The van der Waals surface area contributed by atoms with Crippen LogP contribution in [0.4, 0.5) is 11.8 Å². The summed E-state index contributed by atoms with van der Waals surface area (Å²) in [6, 6.07) is 0. The van der Waals surface area contributed by atoms with Crippen molar-refractivity contribution in [2.45, 2.75) is 63.6 Å². The van der Waals surface area contributed by atoms with Crippen LogP contribution in [0.2, 0.25) is 0 Å². The quantitative estimate of drug-likeness (QED) is 0.800. The zero-order valence-corrected chi connectivity index (χ0v) is 14.8. The molecule has 2 heterocycles. The number of rotatable bonds is 3. The smallest absolute Gasteiger partial charge is 0.205 e. The highest BCUT2D eigenvalue weighted by molar-refractivity contribution is 5.85. The average Bonchev–Trinajstić information content (AvgIpc) is 3.11. The van der Waals surface area contributed by atoms with Crippen molar-refractivity contribution in [3.8, 4) is 0 Å². The van der Waals surface area contributed by atoms with E-state index in [1.54, 1.807) is 6.33 Å². The molecule has 0 amide bonds. The second-order valence-electron chi connectivity index (χ2n) is 8.44. The Bertz CT molecular complexity index is 775. The van der Waals surface area contributed by atoms with Crippen molar-refractivity contribution in [3.63, 3.8) is 0 Å². The van der Waals surface area contributed by atoms with Crippen molar-refractivity contribution in [3.05, 3.63) is 6.33 Å². The Kier molecular flexibility index (Phi) is 3.29. The molecule has 2 aliphatic rings. The van der Waals surface area contributed by atoms with Gasteiger partial charge in [0.25, 0.3) is 0 Å². The average molecular weight is 330 g/mol. The maximum absolute atomic E-state index is 10.1. The normalized spacial score (nSPS) is 29.4. The number of nitrogens with one attached hydrogen (secondary N) is 2. The molecule has 3 atom stereocenters. The first-order chi connectivity index (χ1) is 11.3. The van der Waals surface area contributed by atoms with Gasteiger partial charge in [0.2, 0.25) is 5.95 Å². The van der Waals surface area contributed by atoms with E-state index >= 15 is 0 Å². The third kappa shape index (κ3) is 2.51. The lowest BCUT2D eigenvalue weighted by molar-refractivity contribution is 0.112. The van der Waals surface area contributed by atoms with Crippen LogP contribution < -0.4 is 10.6 Å². The molecule has 3 N–H and O–H groups in total. The summed E-state index contributed by atoms with van der Waals surface area (Å²) in [4.78, 5) is 13.6. The van der Waals surface area contributed by atoms with Crippen LogP contribution in [0.5, 0.6) is 0 Å². The van der Waals surface area contributed by atoms with Crippen LogP contribution in [0, 0.1) is 5.92 Å². The van der Waals surface area contributed by atoms with Gasteiger partial charge in [-0.1, -0.05) is 0 Å². The van der Waals surface area contributed by atoms with Crippen LogP contribution in [-0.4, -0.2) is 41.8 Å². The monoisotopic (exact) mass is 330 g/mol. The SMILES string of the molecule is Cn1c(NC(C)(C)C)nc2c(NC34CCC(C3)C(O)C4)ncnc21. The Morgan fingerprint density at radius 1 is 1.29 bits per heavy atom. The van der Waals surface area contributed by atoms with Gasteiger partial charge in [-0.2, -0.15) is 0 Å². The van der Waals surface area contributed by atoms with Gasteiger partial charge >= 0.3 is 0 Å². The van der Waals surface area contributed by atoms with E-state index in [4.69, 9.17) is 4.98 Å². The van der Waals surface area contributed by atoms with Gasteiger partial charge in [0.15, 0.2) is 17.0 Å². The highest BCUT2D eigenvalue weighted by Crippen LogP contribution is 2.49. The summed E-state index contributed by atoms with van der Waals surface area (Å²) in [5.41, 5.74) is 1.47. The Morgan fingerprint density at radius 2 is 2.08 bits per heavy atom. The second kappa shape index (κ2) is 5.05. The van der Waals surface area contributed by atoms with Crippen molar-refractivity contribution in [1.29, 1.82) is 0 Å². The molecule has 2 aliphatic carbocycles. The summed E-state index contributed by atoms with van der Waals surface area (Å²) < 4.78 is 1.96. The summed E-state index contributed by atoms with van der Waals surface area (Å²) in [5.74, 6) is 1.98. The van der Waals surface area contributed by atoms with Crippen LogP contribution >= 0.6 is 0 Å². The Balaban J connectivity index is 1.70. The number of imidazole rings is 1. The third-order valence-electron chi connectivity index (χ3n) is 5.32. The molecule has 2 fully saturated rings. The predicted molar refractivity (Wildman–Crippen MR) is 94.0 cm³/mol. The van der Waals surface area contributed by atoms with Gasteiger partial charge in [0.05, 0.1) is 6.10 Å². The van der Waals surface area contributed by atoms with E-state index in [-0.39, 0.29) is 17.2 Å². The van der Waals surface area contributed by atoms with Crippen molar-refractivity contribution in [2.75, 3.05) is 10.6 Å². The van der Waals surface area contributed by atoms with Gasteiger partial charge in [0.1, 0.15) is 6.33 Å². The Morgan fingerprint density at radius 3 is 2.71 bits per heavy atom. The molecule has 7 nitrogen and oxygen atoms in total. The van der Waals surface area contributed by atoms with Crippen LogP contribution in [0.3, 0.4) is 0 Å². The Hall–Kier alpha value is -1.89. The van der Waals surface area contributed by atoms with Crippen LogP contribution in [-0.2, 0) is 7.05 Å². The maximum Gasteiger partial charge on any atom is 0.205 e. The molecule has 2 saturated carbocycles. The standard InChI is InChI=1S/C17H26N6O/c1-16(2,3)22-15-20-12-13(18-9-19-14(12)23(15)4)21-17-6-5-10(7-17)11(24)8-17/h9-11,24H,5-8H2,1-4H3,(H,20,22)(H,18,19,21). The third-order valence-corrected chi connectivity index (χ3v) is 5.32. The Labute approximate surface area is 141 Å². The molecule has 0 aromatic carbocycles. The van der Waals surface area contributed by atoms with E-state index in [1.165, 1.54) is 0 Å². The molecule has 3 unspecified atom stereocenters. The first-order valence-electron chi connectivity index (χ1n) is 8.68. The first kappa shape index (κ1) is 15.6. The second-order valence-corrected chi connectivity index (χ2v) is 8.44. The predicted octanol–water partition coefficient (Wildman–Crippen LogP) is 2.29. The van der Waals surface area contributed by atoms with E-state index < -0.39 is 0 Å². The fourth-order valence-electron chi connectivity index (χ4n) is 4.20. The van der Waals surface area contributed by atoms with Crippen LogP contribution in [0.15, 0.2) is 6.33 Å². The zero-order chi connectivity index (χ0) is 17.1. The van der Waals surface area contributed by atoms with E-state index in [9.17, 15) is 5.11 Å². The topological polar surface area (TPSA) is 87.9 Å². The highest BCUT2D eigenvalue weighted by Gasteiger charge is 2.50. The number of aliphatic hydroxyl groups excluding tert-OH is 1. The molecule has 4 rings (SSSR count). The van der Waals surface area contributed by atoms with Crippen molar-refractivity contribution < 1.29 is 5.11 Å². The summed E-state index contributed by atoms with van der Waals surface area (Å²) >= 11 is 0. The lowest BCUT2D eigenvalue weighted by atomic mass is 9.92. The lowest BCUT2D eigenvalue weighted by Gasteiger charge is -2.29. The molecular formula is C17H26N6O. The van der Waals surface area contributed by atoms with E-state index in [0.29, 0.717) is 5.92 Å². The number of fused-ring (bicyclic) bond motifs is 3. The zero-order valence-electron chi connectivity index (χ0n) is 14.8. The molecular weight excluding hydrogens is 304 g/mol. The minimum absolute atomic E-state index is 0.0412. The maximum atomic E-state index is 10.1. The molecule has 0 saturated heterocycles. The fraction of sp³-hybridized carbons (Fsp3) is 0.706. The molecule has 130 valence electrons. The molecule has 2 aromatic heterocycles. The molecule has 7 heteroatoms. The molecule has 24 heavy (non-hydrogen) atoms.